The first-order valence-corrected chi connectivity index (χ1v) is 8.11. The Morgan fingerprint density at radius 2 is 1.79 bits per heavy atom. The number of benzene rings is 1. The van der Waals surface area contributed by atoms with Crippen LogP contribution in [0.1, 0.15) is 5.82 Å². The Balaban J connectivity index is 1.66. The van der Waals surface area contributed by atoms with Crippen LogP contribution in [-0.2, 0) is 0 Å². The highest BCUT2D eigenvalue weighted by molar-refractivity contribution is 5.52. The molecule has 0 saturated carbocycles. The second kappa shape index (κ2) is 7.29. The Hall–Kier alpha value is -2.63. The maximum atomic E-state index is 13.0. The van der Waals surface area contributed by atoms with Gasteiger partial charge in [0.05, 0.1) is 0 Å². The molecule has 5 nitrogen and oxygen atoms in total. The molecule has 1 aliphatic rings. The quantitative estimate of drug-likeness (QED) is 0.856. The topological polar surface area (TPSA) is 44.3 Å². The zero-order valence-corrected chi connectivity index (χ0v) is 13.9. The van der Waals surface area contributed by atoms with Crippen molar-refractivity contribution in [1.29, 1.82) is 0 Å². The van der Waals surface area contributed by atoms with E-state index in [4.69, 9.17) is 0 Å². The Kier molecular flexibility index (Phi) is 4.93. The maximum Gasteiger partial charge on any atom is 0.134 e. The van der Waals surface area contributed by atoms with Crippen molar-refractivity contribution in [2.75, 3.05) is 47.8 Å². The number of anilines is 3. The van der Waals surface area contributed by atoms with Crippen LogP contribution in [0.2, 0.25) is 0 Å². The smallest absolute Gasteiger partial charge is 0.134 e. The first-order chi connectivity index (χ1) is 11.7. The van der Waals surface area contributed by atoms with Gasteiger partial charge in [-0.25, -0.2) is 14.4 Å². The third-order valence-corrected chi connectivity index (χ3v) is 4.05. The van der Waals surface area contributed by atoms with Gasteiger partial charge in [-0.1, -0.05) is 6.08 Å². The summed E-state index contributed by atoms with van der Waals surface area (Å²) in [5.41, 5.74) is 1.06. The largest absolute Gasteiger partial charge is 0.368 e. The van der Waals surface area contributed by atoms with E-state index in [2.05, 4.69) is 31.7 Å². The van der Waals surface area contributed by atoms with Crippen molar-refractivity contribution in [3.05, 3.63) is 54.6 Å². The molecule has 24 heavy (non-hydrogen) atoms. The molecule has 0 radical (unpaired) electrons. The molecule has 6 heteroatoms. The van der Waals surface area contributed by atoms with E-state index in [0.717, 1.165) is 49.3 Å². The number of hydrogen-bond acceptors (Lipinski definition) is 5. The number of hydrogen-bond donors (Lipinski definition) is 1. The predicted octanol–water partition coefficient (Wildman–Crippen LogP) is 2.85. The highest BCUT2D eigenvalue weighted by atomic mass is 19.1. The van der Waals surface area contributed by atoms with Crippen molar-refractivity contribution >= 4 is 17.3 Å². The average molecular weight is 327 g/mol. The summed E-state index contributed by atoms with van der Waals surface area (Å²) in [6.45, 7) is 9.78. The molecule has 1 N–H and O–H groups in total. The van der Waals surface area contributed by atoms with E-state index in [1.54, 1.807) is 6.08 Å². The van der Waals surface area contributed by atoms with E-state index in [0.29, 0.717) is 6.54 Å². The first-order valence-electron chi connectivity index (χ1n) is 8.11. The molecule has 1 saturated heterocycles. The van der Waals surface area contributed by atoms with Crippen molar-refractivity contribution < 1.29 is 4.39 Å². The highest BCUT2D eigenvalue weighted by Gasteiger charge is 2.19. The van der Waals surface area contributed by atoms with Crippen LogP contribution in [-0.4, -0.2) is 42.7 Å². The molecule has 1 aromatic heterocycles. The van der Waals surface area contributed by atoms with Crippen molar-refractivity contribution in [3.63, 3.8) is 0 Å². The minimum Gasteiger partial charge on any atom is -0.368 e. The van der Waals surface area contributed by atoms with Crippen LogP contribution in [0.3, 0.4) is 0 Å². The SMILES string of the molecule is C=CCNc1cc(N2CCN(c3ccc(F)cc3)CC2)nc(C)n1. The van der Waals surface area contributed by atoms with Gasteiger partial charge in [0.25, 0.3) is 0 Å². The fourth-order valence-corrected chi connectivity index (χ4v) is 2.83. The molecule has 2 aromatic rings. The number of aromatic nitrogens is 2. The molecular formula is C18H22FN5. The molecule has 0 aliphatic carbocycles. The van der Waals surface area contributed by atoms with E-state index < -0.39 is 0 Å². The molecule has 2 heterocycles. The summed E-state index contributed by atoms with van der Waals surface area (Å²) in [6, 6.07) is 8.65. The predicted molar refractivity (Wildman–Crippen MR) is 96.3 cm³/mol. The first kappa shape index (κ1) is 16.2. The Labute approximate surface area is 141 Å². The fourth-order valence-electron chi connectivity index (χ4n) is 2.83. The van der Waals surface area contributed by atoms with Crippen molar-refractivity contribution in [2.24, 2.45) is 0 Å². The van der Waals surface area contributed by atoms with Crippen LogP contribution in [0.5, 0.6) is 0 Å². The third kappa shape index (κ3) is 3.82. The summed E-state index contributed by atoms with van der Waals surface area (Å²) >= 11 is 0. The summed E-state index contributed by atoms with van der Waals surface area (Å²) < 4.78 is 13.0. The van der Waals surface area contributed by atoms with Gasteiger partial charge < -0.3 is 15.1 Å². The minimum absolute atomic E-state index is 0.201. The number of halogens is 1. The summed E-state index contributed by atoms with van der Waals surface area (Å²) in [6.07, 6.45) is 1.80. The molecule has 126 valence electrons. The van der Waals surface area contributed by atoms with Gasteiger partial charge in [-0.05, 0) is 31.2 Å². The lowest BCUT2D eigenvalue weighted by molar-refractivity contribution is 0.624. The van der Waals surface area contributed by atoms with Gasteiger partial charge in [0.2, 0.25) is 0 Å². The second-order valence-corrected chi connectivity index (χ2v) is 5.78. The highest BCUT2D eigenvalue weighted by Crippen LogP contribution is 2.21. The van der Waals surface area contributed by atoms with E-state index >= 15 is 0 Å². The van der Waals surface area contributed by atoms with Gasteiger partial charge in [0, 0.05) is 44.5 Å². The van der Waals surface area contributed by atoms with Gasteiger partial charge in [-0.2, -0.15) is 0 Å². The molecule has 0 atom stereocenters. The van der Waals surface area contributed by atoms with E-state index in [1.165, 1.54) is 12.1 Å². The van der Waals surface area contributed by atoms with Crippen LogP contribution < -0.4 is 15.1 Å². The van der Waals surface area contributed by atoms with E-state index in [1.807, 2.05) is 25.1 Å². The lowest BCUT2D eigenvalue weighted by atomic mass is 10.2. The van der Waals surface area contributed by atoms with Gasteiger partial charge in [-0.15, -0.1) is 6.58 Å². The molecule has 0 amide bonds. The summed E-state index contributed by atoms with van der Waals surface area (Å²) in [7, 11) is 0. The Bertz CT molecular complexity index is 693. The molecule has 1 aliphatic heterocycles. The molecule has 3 rings (SSSR count). The molecular weight excluding hydrogens is 305 g/mol. The van der Waals surface area contributed by atoms with Crippen LogP contribution in [0.4, 0.5) is 21.7 Å². The van der Waals surface area contributed by atoms with Crippen LogP contribution in [0, 0.1) is 12.7 Å². The lowest BCUT2D eigenvalue weighted by Crippen LogP contribution is -2.46. The maximum absolute atomic E-state index is 13.0. The monoisotopic (exact) mass is 327 g/mol. The standard InChI is InChI=1S/C18H22FN5/c1-3-8-20-17-13-18(22-14(2)21-17)24-11-9-23(10-12-24)16-6-4-15(19)5-7-16/h3-7,13H,1,8-12H2,2H3,(H,20,21,22). The Morgan fingerprint density at radius 1 is 1.12 bits per heavy atom. The zero-order valence-electron chi connectivity index (χ0n) is 13.9. The van der Waals surface area contributed by atoms with E-state index in [9.17, 15) is 4.39 Å². The Morgan fingerprint density at radius 3 is 2.46 bits per heavy atom. The van der Waals surface area contributed by atoms with Crippen LogP contribution in [0.25, 0.3) is 0 Å². The number of nitrogens with zero attached hydrogens (tertiary/aromatic N) is 4. The number of piperazine rings is 1. The van der Waals surface area contributed by atoms with E-state index in [-0.39, 0.29) is 5.82 Å². The van der Waals surface area contributed by atoms with Gasteiger partial charge in [0.1, 0.15) is 23.3 Å². The zero-order chi connectivity index (χ0) is 16.9. The molecule has 1 aromatic carbocycles. The van der Waals surface area contributed by atoms with Gasteiger partial charge >= 0.3 is 0 Å². The summed E-state index contributed by atoms with van der Waals surface area (Å²) in [5, 5.41) is 3.21. The lowest BCUT2D eigenvalue weighted by Gasteiger charge is -2.36. The molecule has 0 spiro atoms. The van der Waals surface area contributed by atoms with Gasteiger partial charge in [0.15, 0.2) is 0 Å². The third-order valence-electron chi connectivity index (χ3n) is 4.05. The van der Waals surface area contributed by atoms with Crippen molar-refractivity contribution in [2.45, 2.75) is 6.92 Å². The minimum atomic E-state index is -0.201. The van der Waals surface area contributed by atoms with Crippen LogP contribution in [0.15, 0.2) is 43.0 Å². The normalized spacial score (nSPS) is 14.6. The fraction of sp³-hybridized carbons (Fsp3) is 0.333. The second-order valence-electron chi connectivity index (χ2n) is 5.78. The molecule has 0 bridgehead atoms. The summed E-state index contributed by atoms with van der Waals surface area (Å²) in [4.78, 5) is 13.5. The van der Waals surface area contributed by atoms with Crippen molar-refractivity contribution in [1.82, 2.24) is 9.97 Å². The van der Waals surface area contributed by atoms with Gasteiger partial charge in [-0.3, -0.25) is 0 Å². The summed E-state index contributed by atoms with van der Waals surface area (Å²) in [5.74, 6) is 2.31. The number of aryl methyl sites for hydroxylation is 1. The van der Waals surface area contributed by atoms with Crippen molar-refractivity contribution in [3.8, 4) is 0 Å². The molecule has 1 fully saturated rings. The number of rotatable bonds is 5. The molecule has 0 unspecified atom stereocenters. The average Bonchev–Trinajstić information content (AvgIpc) is 2.60. The van der Waals surface area contributed by atoms with Crippen LogP contribution >= 0.6 is 0 Å². The number of nitrogens with one attached hydrogen (secondary N) is 1.